The van der Waals surface area contributed by atoms with Crippen molar-refractivity contribution in [1.82, 2.24) is 16.0 Å². The van der Waals surface area contributed by atoms with Crippen molar-refractivity contribution in [3.63, 3.8) is 0 Å². The van der Waals surface area contributed by atoms with E-state index in [2.05, 4.69) is 204 Å². The third kappa shape index (κ3) is 73.6. The minimum atomic E-state index is 0.405. The molecule has 0 saturated heterocycles. The highest BCUT2D eigenvalue weighted by Gasteiger charge is 2.18. The van der Waals surface area contributed by atoms with Crippen molar-refractivity contribution in [1.29, 1.82) is 0 Å². The van der Waals surface area contributed by atoms with Gasteiger partial charge in [0.25, 0.3) is 0 Å². The van der Waals surface area contributed by atoms with Crippen LogP contribution < -0.4 is 16.0 Å². The topological polar surface area (TPSA) is 166 Å². The van der Waals surface area contributed by atoms with Crippen molar-refractivity contribution in [3.8, 4) is 0 Å². The summed E-state index contributed by atoms with van der Waals surface area (Å²) in [6.45, 7) is 86.1. The number of ether oxygens (including phenoxy) is 2. The molecule has 0 fully saturated rings. The highest BCUT2D eigenvalue weighted by molar-refractivity contribution is 5.86. The third-order valence-electron chi connectivity index (χ3n) is 16.1. The summed E-state index contributed by atoms with van der Waals surface area (Å²) >= 11 is 0. The first-order valence-electron chi connectivity index (χ1n) is 41.8. The predicted molar refractivity (Wildman–Crippen MR) is 460 cm³/mol. The SMILES string of the molecule is CC.CC.CC.CC.CC.CC.CC.CC.CC.CC(C)C1=NCCCC1.CC(C)C1=NCCCN1.CC(C)C1CCC=NC1.CC(C)C1CCCC=N1.CC(C)C1CCCC=N1.CC(C)C1CCN=CN1.CC(C)C1CCN=CO1.CC(C)C1CN=CNC1.CC(C)C1CN=COC1. The van der Waals surface area contributed by atoms with Crippen LogP contribution in [-0.2, 0) is 9.47 Å². The molecule has 0 saturated carbocycles. The van der Waals surface area contributed by atoms with Gasteiger partial charge in [0, 0.05) is 88.9 Å². The van der Waals surface area contributed by atoms with Gasteiger partial charge in [0.15, 0.2) is 12.8 Å². The Hall–Kier alpha value is -3.97. The lowest BCUT2D eigenvalue weighted by atomic mass is 9.90. The minimum Gasteiger partial charge on any atom is -0.483 e. The van der Waals surface area contributed by atoms with Crippen LogP contribution in [0, 0.1) is 71.0 Å². The molecule has 99 heavy (non-hydrogen) atoms. The van der Waals surface area contributed by atoms with E-state index < -0.39 is 0 Å². The van der Waals surface area contributed by atoms with Gasteiger partial charge in [-0.05, 0) is 161 Å². The molecule has 14 heteroatoms. The zero-order valence-electron chi connectivity index (χ0n) is 73.6. The van der Waals surface area contributed by atoms with Crippen LogP contribution in [0.3, 0.4) is 0 Å². The summed E-state index contributed by atoms with van der Waals surface area (Å²) < 4.78 is 10.3. The monoisotopic (exact) mass is 1400 g/mol. The van der Waals surface area contributed by atoms with E-state index in [1.807, 2.05) is 131 Å². The second kappa shape index (κ2) is 90.1. The van der Waals surface area contributed by atoms with Crippen LogP contribution in [0.25, 0.3) is 0 Å². The Morgan fingerprint density at radius 3 is 1.14 bits per heavy atom. The molecule has 3 N–H and O–H groups in total. The zero-order chi connectivity index (χ0) is 78.2. The second-order valence-electron chi connectivity index (χ2n) is 26.2. The molecule has 9 aliphatic rings. The number of aliphatic imine (C=N–C) groups is 9. The van der Waals surface area contributed by atoms with Gasteiger partial charge < -0.3 is 25.4 Å². The molecule has 0 aromatic carbocycles. The zero-order valence-corrected chi connectivity index (χ0v) is 73.6. The highest BCUT2D eigenvalue weighted by atomic mass is 16.5. The van der Waals surface area contributed by atoms with Crippen LogP contribution in [0.4, 0.5) is 0 Å². The molecular formula is C85H182N12O2. The standard InChI is InChI=1S/4C8H15N.3C7H14N2.2C7H13NO.9C2H6/c1-7(2)8-4-3-5-9-6-8;3*1-7(2)8-5-3-4-6-9-8;1-6(2)7-3-8-5-9-4-7;1-6(2)7-3-4-8-5-9-7;1-6(2)7-8-4-3-5-9-7;1-6(2)7-3-8-5-9-4-7;1-6(2)7-3-4-8-5-9-7;9*1-2/h5,7-8H,3-4,6H2,1-2H3;7H,3-6H2,1-2H3;2*6-8H,3-5H2,1-2H3;2*5-7H,3-4H2,1-2H3,(H,8,9);6H,3-5H2,1-2H3,(H,8,9);2*5-7H,3-4H2,1-2H3;9*1-2H3. The summed E-state index contributed by atoms with van der Waals surface area (Å²) in [6.07, 6.45) is 31.0. The Kier molecular flexibility index (Phi) is 103. The van der Waals surface area contributed by atoms with E-state index in [4.69, 9.17) is 9.47 Å². The van der Waals surface area contributed by atoms with Gasteiger partial charge in [-0.3, -0.25) is 44.9 Å². The van der Waals surface area contributed by atoms with Gasteiger partial charge in [-0.25, -0.2) is 0 Å². The predicted octanol–water partition coefficient (Wildman–Crippen LogP) is 23.9. The summed E-state index contributed by atoms with van der Waals surface area (Å²) in [7, 11) is 0. The Bertz CT molecular complexity index is 1580. The first-order valence-corrected chi connectivity index (χ1v) is 41.8. The number of nitrogens with zero attached hydrogens (tertiary/aromatic N) is 9. The average molecular weight is 1400 g/mol. The van der Waals surface area contributed by atoms with Crippen molar-refractivity contribution in [2.45, 2.75) is 363 Å². The van der Waals surface area contributed by atoms with Gasteiger partial charge in [0.2, 0.25) is 0 Å². The van der Waals surface area contributed by atoms with Crippen molar-refractivity contribution >= 4 is 55.7 Å². The van der Waals surface area contributed by atoms with E-state index in [1.165, 1.54) is 95.0 Å². The lowest BCUT2D eigenvalue weighted by molar-refractivity contribution is 0.130. The summed E-state index contributed by atoms with van der Waals surface area (Å²) in [5.74, 6) is 9.79. The largest absolute Gasteiger partial charge is 0.483 e. The third-order valence-corrected chi connectivity index (χ3v) is 16.1. The van der Waals surface area contributed by atoms with Gasteiger partial charge in [0.05, 0.1) is 37.2 Å². The molecule has 7 atom stereocenters. The molecule has 0 aliphatic carbocycles. The average Bonchev–Trinajstić information content (AvgIpc) is 3.85. The maximum Gasteiger partial charge on any atom is 0.169 e. The van der Waals surface area contributed by atoms with Gasteiger partial charge in [-0.2, -0.15) is 0 Å². The fourth-order valence-corrected chi connectivity index (χ4v) is 9.56. The van der Waals surface area contributed by atoms with Crippen molar-refractivity contribution in [2.75, 3.05) is 65.5 Å². The number of amidine groups is 1. The maximum absolute atomic E-state index is 5.25. The molecule has 594 valence electrons. The molecule has 9 aliphatic heterocycles. The number of hydrogen-bond donors (Lipinski definition) is 3. The van der Waals surface area contributed by atoms with Gasteiger partial charge >= 0.3 is 0 Å². The molecule has 7 unspecified atom stereocenters. The van der Waals surface area contributed by atoms with Gasteiger partial charge in [-0.1, -0.05) is 249 Å². The molecule has 0 bridgehead atoms. The second-order valence-corrected chi connectivity index (χ2v) is 26.2. The van der Waals surface area contributed by atoms with Crippen LogP contribution in [0.5, 0.6) is 0 Å². The van der Waals surface area contributed by atoms with E-state index in [9.17, 15) is 0 Å². The van der Waals surface area contributed by atoms with Crippen LogP contribution in [0.15, 0.2) is 44.9 Å². The van der Waals surface area contributed by atoms with Crippen molar-refractivity contribution in [3.05, 3.63) is 0 Å². The molecular weight excluding hydrogens is 1220 g/mol. The van der Waals surface area contributed by atoms with Crippen LogP contribution in [-0.4, -0.2) is 145 Å². The molecule has 0 radical (unpaired) electrons. The van der Waals surface area contributed by atoms with Crippen LogP contribution >= 0.6 is 0 Å². The molecule has 0 amide bonds. The van der Waals surface area contributed by atoms with E-state index >= 15 is 0 Å². The summed E-state index contributed by atoms with van der Waals surface area (Å²) in [5, 5.41) is 9.62. The normalized spacial score (nSPS) is 21.1. The van der Waals surface area contributed by atoms with E-state index in [0.29, 0.717) is 53.8 Å². The van der Waals surface area contributed by atoms with Crippen LogP contribution in [0.1, 0.15) is 339 Å². The fourth-order valence-electron chi connectivity index (χ4n) is 9.56. The number of nitrogens with one attached hydrogen (secondary N) is 3. The number of rotatable bonds is 9. The molecule has 9 heterocycles. The Labute approximate surface area is 622 Å². The summed E-state index contributed by atoms with van der Waals surface area (Å²) in [5.41, 5.74) is 1.43. The van der Waals surface area contributed by atoms with E-state index in [1.54, 1.807) is 19.1 Å². The first-order chi connectivity index (χ1) is 47.7. The quantitative estimate of drug-likeness (QED) is 0.209. The Balaban J connectivity index is -0.000000128. The number of hydrogen-bond acceptors (Lipinski definition) is 14. The maximum atomic E-state index is 5.25. The van der Waals surface area contributed by atoms with Crippen molar-refractivity contribution < 1.29 is 9.47 Å². The molecule has 0 spiro atoms. The van der Waals surface area contributed by atoms with Gasteiger partial charge in [0.1, 0.15) is 6.10 Å². The first kappa shape index (κ1) is 114. The molecule has 0 aromatic rings. The Morgan fingerprint density at radius 2 is 0.899 bits per heavy atom. The van der Waals surface area contributed by atoms with Crippen molar-refractivity contribution in [2.24, 2.45) is 116 Å². The smallest absolute Gasteiger partial charge is 0.169 e. The molecule has 14 nitrogen and oxygen atoms in total. The highest BCUT2D eigenvalue weighted by Crippen LogP contribution is 2.21. The molecule has 9 rings (SSSR count). The van der Waals surface area contributed by atoms with E-state index in [0.717, 1.165) is 113 Å². The minimum absolute atomic E-state index is 0.405. The fraction of sp³-hybridized carbons (Fsp3) is 0.894. The Morgan fingerprint density at radius 1 is 0.394 bits per heavy atom. The van der Waals surface area contributed by atoms with Gasteiger partial charge in [-0.15, -0.1) is 0 Å². The lowest BCUT2D eigenvalue weighted by Gasteiger charge is -2.22. The summed E-state index contributed by atoms with van der Waals surface area (Å²) in [6, 6.07) is 1.90. The summed E-state index contributed by atoms with van der Waals surface area (Å²) in [4.78, 5) is 38.1. The molecule has 0 aromatic heterocycles. The van der Waals surface area contributed by atoms with E-state index in [-0.39, 0.29) is 0 Å². The van der Waals surface area contributed by atoms with Crippen LogP contribution in [0.2, 0.25) is 0 Å². The lowest BCUT2D eigenvalue weighted by Crippen LogP contribution is -2.36.